The SMILES string of the molecule is O=C(COc1ccc(Cl)cc1)N1CCC[C@@H](OCc2cccc(OC(F)(F)F)c2)C1. The van der Waals surface area contributed by atoms with Gasteiger partial charge in [-0.1, -0.05) is 23.7 Å². The summed E-state index contributed by atoms with van der Waals surface area (Å²) in [6.07, 6.45) is -3.40. The first kappa shape index (κ1) is 22.2. The molecule has 0 bridgehead atoms. The van der Waals surface area contributed by atoms with Gasteiger partial charge in [0.15, 0.2) is 6.61 Å². The summed E-state index contributed by atoms with van der Waals surface area (Å²) < 4.78 is 52.3. The second-order valence-electron chi connectivity index (χ2n) is 6.85. The number of amides is 1. The summed E-state index contributed by atoms with van der Waals surface area (Å²) in [6.45, 7) is 1.05. The van der Waals surface area contributed by atoms with E-state index in [4.69, 9.17) is 21.1 Å². The van der Waals surface area contributed by atoms with Crippen molar-refractivity contribution < 1.29 is 32.2 Å². The number of nitrogens with zero attached hydrogens (tertiary/aromatic N) is 1. The summed E-state index contributed by atoms with van der Waals surface area (Å²) in [7, 11) is 0. The van der Waals surface area contributed by atoms with Crippen LogP contribution in [0.5, 0.6) is 11.5 Å². The smallest absolute Gasteiger partial charge is 0.484 e. The maximum absolute atomic E-state index is 12.4. The van der Waals surface area contributed by atoms with Crippen LogP contribution in [0.4, 0.5) is 13.2 Å². The summed E-state index contributed by atoms with van der Waals surface area (Å²) in [5.74, 6) is 0.112. The Hall–Kier alpha value is -2.45. The number of hydrogen-bond donors (Lipinski definition) is 0. The van der Waals surface area contributed by atoms with E-state index >= 15 is 0 Å². The molecule has 0 saturated carbocycles. The minimum atomic E-state index is -4.74. The van der Waals surface area contributed by atoms with Crippen LogP contribution < -0.4 is 9.47 Å². The molecule has 5 nitrogen and oxygen atoms in total. The fourth-order valence-electron chi connectivity index (χ4n) is 3.11. The zero-order valence-corrected chi connectivity index (χ0v) is 16.8. The highest BCUT2D eigenvalue weighted by Gasteiger charge is 2.31. The second-order valence-corrected chi connectivity index (χ2v) is 7.29. The lowest BCUT2D eigenvalue weighted by Gasteiger charge is -2.32. The van der Waals surface area contributed by atoms with Crippen molar-refractivity contribution in [3.63, 3.8) is 0 Å². The van der Waals surface area contributed by atoms with Crippen LogP contribution >= 0.6 is 11.6 Å². The number of piperidine rings is 1. The van der Waals surface area contributed by atoms with Crippen molar-refractivity contribution in [3.05, 3.63) is 59.1 Å². The Balaban J connectivity index is 1.47. The van der Waals surface area contributed by atoms with Crippen molar-refractivity contribution in [2.75, 3.05) is 19.7 Å². The first-order chi connectivity index (χ1) is 14.3. The third-order valence-corrected chi connectivity index (χ3v) is 4.78. The van der Waals surface area contributed by atoms with Crippen LogP contribution in [0.3, 0.4) is 0 Å². The van der Waals surface area contributed by atoms with Crippen LogP contribution in [0.2, 0.25) is 5.02 Å². The summed E-state index contributed by atoms with van der Waals surface area (Å²) >= 11 is 5.82. The quantitative estimate of drug-likeness (QED) is 0.615. The number of carbonyl (C=O) groups excluding carboxylic acids is 1. The Bertz CT molecular complexity index is 845. The van der Waals surface area contributed by atoms with Gasteiger partial charge in [-0.05, 0) is 54.8 Å². The minimum absolute atomic E-state index is 0.0921. The molecule has 0 spiro atoms. The van der Waals surface area contributed by atoms with E-state index in [1.54, 1.807) is 35.2 Å². The topological polar surface area (TPSA) is 48.0 Å². The molecule has 1 heterocycles. The number of ether oxygens (including phenoxy) is 3. The van der Waals surface area contributed by atoms with Crippen molar-refractivity contribution >= 4 is 17.5 Å². The molecular weight excluding hydrogens is 423 g/mol. The molecule has 9 heteroatoms. The van der Waals surface area contributed by atoms with Crippen molar-refractivity contribution in [1.82, 2.24) is 4.90 Å². The second kappa shape index (κ2) is 10.0. The zero-order valence-electron chi connectivity index (χ0n) is 16.0. The monoisotopic (exact) mass is 443 g/mol. The van der Waals surface area contributed by atoms with E-state index in [0.29, 0.717) is 29.4 Å². The van der Waals surface area contributed by atoms with Gasteiger partial charge in [0, 0.05) is 18.1 Å². The first-order valence-corrected chi connectivity index (χ1v) is 9.79. The molecule has 1 amide bonds. The fraction of sp³-hybridized carbons (Fsp3) is 0.381. The molecule has 2 aromatic rings. The number of rotatable bonds is 7. The molecule has 1 aliphatic rings. The molecule has 0 aromatic heterocycles. The van der Waals surface area contributed by atoms with Crippen molar-refractivity contribution in [1.29, 1.82) is 0 Å². The predicted molar refractivity (Wildman–Crippen MR) is 104 cm³/mol. The summed E-state index contributed by atoms with van der Waals surface area (Å²) in [4.78, 5) is 14.1. The van der Waals surface area contributed by atoms with E-state index in [9.17, 15) is 18.0 Å². The Labute approximate surface area is 177 Å². The third kappa shape index (κ3) is 7.11. The molecule has 162 valence electrons. The van der Waals surface area contributed by atoms with Gasteiger partial charge >= 0.3 is 6.36 Å². The van der Waals surface area contributed by atoms with E-state index in [2.05, 4.69) is 4.74 Å². The Morgan fingerprint density at radius 1 is 1.13 bits per heavy atom. The van der Waals surface area contributed by atoms with E-state index in [-0.39, 0.29) is 31.0 Å². The Morgan fingerprint density at radius 3 is 2.63 bits per heavy atom. The number of carbonyl (C=O) groups is 1. The average Bonchev–Trinajstić information content (AvgIpc) is 2.71. The van der Waals surface area contributed by atoms with Gasteiger partial charge in [-0.15, -0.1) is 13.2 Å². The molecule has 0 aliphatic carbocycles. The van der Waals surface area contributed by atoms with Gasteiger partial charge in [0.25, 0.3) is 5.91 Å². The number of alkyl halides is 3. The van der Waals surface area contributed by atoms with Gasteiger partial charge in [0.2, 0.25) is 0 Å². The maximum atomic E-state index is 12.4. The van der Waals surface area contributed by atoms with Gasteiger partial charge in [-0.25, -0.2) is 0 Å². The molecule has 0 radical (unpaired) electrons. The highest BCUT2D eigenvalue weighted by atomic mass is 35.5. The highest BCUT2D eigenvalue weighted by Crippen LogP contribution is 2.24. The summed E-state index contributed by atoms with van der Waals surface area (Å²) in [5, 5.41) is 0.584. The fourth-order valence-corrected chi connectivity index (χ4v) is 3.24. The van der Waals surface area contributed by atoms with E-state index in [1.165, 1.54) is 18.2 Å². The number of hydrogen-bond acceptors (Lipinski definition) is 4. The molecule has 1 saturated heterocycles. The number of halogens is 4. The van der Waals surface area contributed by atoms with Crippen LogP contribution in [0, 0.1) is 0 Å². The van der Waals surface area contributed by atoms with Crippen molar-refractivity contribution in [2.24, 2.45) is 0 Å². The standard InChI is InChI=1S/C21H21ClF3NO4/c22-16-6-8-17(9-7-16)29-14-20(27)26-10-2-5-19(12-26)28-13-15-3-1-4-18(11-15)30-21(23,24)25/h1,3-4,6-9,11,19H,2,5,10,12-14H2/t19-/m1/s1. The van der Waals surface area contributed by atoms with Crippen LogP contribution in [-0.2, 0) is 16.1 Å². The minimum Gasteiger partial charge on any atom is -0.484 e. The predicted octanol–water partition coefficient (Wildman–Crippen LogP) is 4.83. The molecular formula is C21H21ClF3NO4. The zero-order chi connectivity index (χ0) is 21.6. The number of likely N-dealkylation sites (tertiary alicyclic amines) is 1. The lowest BCUT2D eigenvalue weighted by atomic mass is 10.1. The molecule has 3 rings (SSSR count). The van der Waals surface area contributed by atoms with E-state index in [1.807, 2.05) is 0 Å². The summed E-state index contributed by atoms with van der Waals surface area (Å²) in [6, 6.07) is 12.4. The molecule has 1 fully saturated rings. The Kier molecular flexibility index (Phi) is 7.44. The van der Waals surface area contributed by atoms with E-state index < -0.39 is 6.36 Å². The molecule has 1 atom stereocenters. The van der Waals surface area contributed by atoms with Crippen LogP contribution in [0.25, 0.3) is 0 Å². The maximum Gasteiger partial charge on any atom is 0.573 e. The highest BCUT2D eigenvalue weighted by molar-refractivity contribution is 6.30. The van der Waals surface area contributed by atoms with Gasteiger partial charge in [-0.3, -0.25) is 4.79 Å². The molecule has 1 aliphatic heterocycles. The van der Waals surface area contributed by atoms with Crippen LogP contribution in [0.1, 0.15) is 18.4 Å². The van der Waals surface area contributed by atoms with Gasteiger partial charge < -0.3 is 19.1 Å². The average molecular weight is 444 g/mol. The van der Waals surface area contributed by atoms with Gasteiger partial charge in [-0.2, -0.15) is 0 Å². The first-order valence-electron chi connectivity index (χ1n) is 9.41. The summed E-state index contributed by atoms with van der Waals surface area (Å²) in [5.41, 5.74) is 0.561. The van der Waals surface area contributed by atoms with Crippen molar-refractivity contribution in [3.8, 4) is 11.5 Å². The third-order valence-electron chi connectivity index (χ3n) is 4.52. The molecule has 30 heavy (non-hydrogen) atoms. The molecule has 2 aromatic carbocycles. The Morgan fingerprint density at radius 2 is 1.90 bits per heavy atom. The van der Waals surface area contributed by atoms with Crippen molar-refractivity contribution in [2.45, 2.75) is 31.9 Å². The lowest BCUT2D eigenvalue weighted by molar-refractivity contribution is -0.274. The molecule has 0 N–H and O–H groups in total. The van der Waals surface area contributed by atoms with Gasteiger partial charge in [0.1, 0.15) is 11.5 Å². The lowest BCUT2D eigenvalue weighted by Crippen LogP contribution is -2.45. The number of benzene rings is 2. The van der Waals surface area contributed by atoms with Crippen LogP contribution in [-0.4, -0.2) is 43.0 Å². The largest absolute Gasteiger partial charge is 0.573 e. The van der Waals surface area contributed by atoms with E-state index in [0.717, 1.165) is 12.8 Å². The molecule has 0 unspecified atom stereocenters. The van der Waals surface area contributed by atoms with Crippen LogP contribution in [0.15, 0.2) is 48.5 Å². The van der Waals surface area contributed by atoms with Gasteiger partial charge in [0.05, 0.1) is 12.7 Å². The normalized spacial score (nSPS) is 16.9.